The van der Waals surface area contributed by atoms with E-state index in [4.69, 9.17) is 4.74 Å². The van der Waals surface area contributed by atoms with Crippen molar-refractivity contribution < 1.29 is 22.7 Å². The van der Waals surface area contributed by atoms with Gasteiger partial charge in [-0.2, -0.15) is 13.2 Å². The van der Waals surface area contributed by atoms with Gasteiger partial charge >= 0.3 is 6.18 Å². The third kappa shape index (κ3) is 5.01. The van der Waals surface area contributed by atoms with E-state index in [0.717, 1.165) is 23.3 Å². The van der Waals surface area contributed by atoms with Crippen molar-refractivity contribution in [3.63, 3.8) is 0 Å². The van der Waals surface area contributed by atoms with Gasteiger partial charge in [0.2, 0.25) is 5.91 Å². The number of ether oxygens (including phenoxy) is 1. The zero-order chi connectivity index (χ0) is 17.7. The van der Waals surface area contributed by atoms with E-state index in [1.165, 1.54) is 12.1 Å². The van der Waals surface area contributed by atoms with Crippen molar-refractivity contribution >= 4 is 11.6 Å². The number of aryl methyl sites for hydroxylation is 2. The van der Waals surface area contributed by atoms with Crippen molar-refractivity contribution in [1.82, 2.24) is 0 Å². The summed E-state index contributed by atoms with van der Waals surface area (Å²) in [4.78, 5) is 11.8. The Hall–Kier alpha value is -2.50. The van der Waals surface area contributed by atoms with Gasteiger partial charge in [0.1, 0.15) is 5.75 Å². The summed E-state index contributed by atoms with van der Waals surface area (Å²) in [6.45, 7) is 3.99. The number of amides is 1. The van der Waals surface area contributed by atoms with Gasteiger partial charge in [0.25, 0.3) is 0 Å². The molecule has 1 amide bonds. The van der Waals surface area contributed by atoms with Crippen molar-refractivity contribution in [1.29, 1.82) is 0 Å². The molecular formula is C18H18F3NO2. The maximum Gasteiger partial charge on any atom is 0.416 e. The Morgan fingerprint density at radius 2 is 1.88 bits per heavy atom. The van der Waals surface area contributed by atoms with Gasteiger partial charge in [-0.05, 0) is 49.2 Å². The second kappa shape index (κ2) is 7.38. The number of hydrogen-bond donors (Lipinski definition) is 1. The standard InChI is InChI=1S/C18H18F3NO2/c1-12-6-7-13(2)16(10-12)24-9-8-17(23)22-15-5-3-4-14(11-15)18(19,20)21/h3-7,10-11H,8-9H2,1-2H3,(H,22,23). The van der Waals surface area contributed by atoms with E-state index in [9.17, 15) is 18.0 Å². The first-order chi connectivity index (χ1) is 11.3. The molecule has 128 valence electrons. The molecule has 1 N–H and O–H groups in total. The summed E-state index contributed by atoms with van der Waals surface area (Å²) in [5.74, 6) is 0.293. The number of carbonyl (C=O) groups excluding carboxylic acids is 1. The third-order valence-corrected chi connectivity index (χ3v) is 3.40. The lowest BCUT2D eigenvalue weighted by Crippen LogP contribution is -2.16. The molecule has 2 rings (SSSR count). The Kier molecular flexibility index (Phi) is 5.49. The summed E-state index contributed by atoms with van der Waals surface area (Å²) in [5, 5.41) is 2.45. The summed E-state index contributed by atoms with van der Waals surface area (Å²) in [7, 11) is 0. The van der Waals surface area contributed by atoms with Crippen LogP contribution in [0.5, 0.6) is 5.75 Å². The van der Waals surface area contributed by atoms with Crippen LogP contribution in [-0.4, -0.2) is 12.5 Å². The highest BCUT2D eigenvalue weighted by Crippen LogP contribution is 2.30. The quantitative estimate of drug-likeness (QED) is 0.856. The van der Waals surface area contributed by atoms with Gasteiger partial charge < -0.3 is 10.1 Å². The number of anilines is 1. The SMILES string of the molecule is Cc1ccc(C)c(OCCC(=O)Nc2cccc(C(F)(F)F)c2)c1. The number of halogens is 3. The van der Waals surface area contributed by atoms with Crippen molar-refractivity contribution in [2.24, 2.45) is 0 Å². The molecule has 0 aliphatic rings. The molecule has 0 unspecified atom stereocenters. The lowest BCUT2D eigenvalue weighted by atomic mass is 10.1. The fourth-order valence-electron chi connectivity index (χ4n) is 2.11. The van der Waals surface area contributed by atoms with Gasteiger partial charge in [-0.1, -0.05) is 18.2 Å². The Balaban J connectivity index is 1.89. The molecule has 24 heavy (non-hydrogen) atoms. The minimum atomic E-state index is -4.44. The molecule has 0 saturated heterocycles. The normalized spacial score (nSPS) is 11.2. The van der Waals surface area contributed by atoms with Crippen LogP contribution < -0.4 is 10.1 Å². The van der Waals surface area contributed by atoms with Crippen LogP contribution in [0.3, 0.4) is 0 Å². The Bertz CT molecular complexity index is 726. The molecule has 0 heterocycles. The van der Waals surface area contributed by atoms with E-state index in [0.29, 0.717) is 5.75 Å². The lowest BCUT2D eigenvalue weighted by Gasteiger charge is -2.11. The zero-order valence-corrected chi connectivity index (χ0v) is 13.4. The maximum atomic E-state index is 12.6. The predicted molar refractivity (Wildman–Crippen MR) is 86.1 cm³/mol. The van der Waals surface area contributed by atoms with Gasteiger partial charge in [0, 0.05) is 5.69 Å². The highest BCUT2D eigenvalue weighted by atomic mass is 19.4. The monoisotopic (exact) mass is 337 g/mol. The molecule has 2 aromatic rings. The number of alkyl halides is 3. The molecule has 0 aromatic heterocycles. The van der Waals surface area contributed by atoms with Gasteiger partial charge in [0.15, 0.2) is 0 Å². The topological polar surface area (TPSA) is 38.3 Å². The van der Waals surface area contributed by atoms with Crippen LogP contribution in [0.2, 0.25) is 0 Å². The van der Waals surface area contributed by atoms with Crippen LogP contribution in [0.1, 0.15) is 23.1 Å². The fourth-order valence-corrected chi connectivity index (χ4v) is 2.11. The van der Waals surface area contributed by atoms with Gasteiger partial charge in [-0.15, -0.1) is 0 Å². The molecule has 0 radical (unpaired) electrons. The van der Waals surface area contributed by atoms with Crippen LogP contribution in [0.15, 0.2) is 42.5 Å². The van der Waals surface area contributed by atoms with E-state index in [-0.39, 0.29) is 18.7 Å². The van der Waals surface area contributed by atoms with Crippen LogP contribution in [0.25, 0.3) is 0 Å². The molecule has 0 saturated carbocycles. The van der Waals surface area contributed by atoms with Crippen molar-refractivity contribution in [3.8, 4) is 5.75 Å². The summed E-state index contributed by atoms with van der Waals surface area (Å²) in [5.41, 5.74) is 1.32. The average molecular weight is 337 g/mol. The van der Waals surface area contributed by atoms with Gasteiger partial charge in [-0.25, -0.2) is 0 Å². The van der Waals surface area contributed by atoms with E-state index < -0.39 is 17.6 Å². The van der Waals surface area contributed by atoms with E-state index in [1.807, 2.05) is 32.0 Å². The van der Waals surface area contributed by atoms with E-state index >= 15 is 0 Å². The molecule has 6 heteroatoms. The lowest BCUT2D eigenvalue weighted by molar-refractivity contribution is -0.137. The first kappa shape index (κ1) is 17.8. The van der Waals surface area contributed by atoms with Crippen LogP contribution in [0, 0.1) is 13.8 Å². The molecular weight excluding hydrogens is 319 g/mol. The minimum absolute atomic E-state index is 0.0453. The second-order valence-corrected chi connectivity index (χ2v) is 5.49. The summed E-state index contributed by atoms with van der Waals surface area (Å²) in [6, 6.07) is 10.3. The predicted octanol–water partition coefficient (Wildman–Crippen LogP) is 4.73. The highest BCUT2D eigenvalue weighted by molar-refractivity contribution is 5.90. The van der Waals surface area contributed by atoms with Gasteiger partial charge in [-0.3, -0.25) is 4.79 Å². The van der Waals surface area contributed by atoms with Crippen molar-refractivity contribution in [3.05, 3.63) is 59.2 Å². The second-order valence-electron chi connectivity index (χ2n) is 5.49. The highest BCUT2D eigenvalue weighted by Gasteiger charge is 2.30. The van der Waals surface area contributed by atoms with Gasteiger partial charge in [0.05, 0.1) is 18.6 Å². The molecule has 0 aliphatic carbocycles. The summed E-state index contributed by atoms with van der Waals surface area (Å²) >= 11 is 0. The smallest absolute Gasteiger partial charge is 0.416 e. The van der Waals surface area contributed by atoms with Crippen molar-refractivity contribution in [2.45, 2.75) is 26.4 Å². The number of hydrogen-bond acceptors (Lipinski definition) is 2. The summed E-state index contributed by atoms with van der Waals surface area (Å²) < 4.78 is 43.5. The van der Waals surface area contributed by atoms with Crippen LogP contribution in [-0.2, 0) is 11.0 Å². The Morgan fingerprint density at radius 1 is 1.12 bits per heavy atom. The number of rotatable bonds is 5. The van der Waals surface area contributed by atoms with Crippen LogP contribution >= 0.6 is 0 Å². The van der Waals surface area contributed by atoms with Crippen molar-refractivity contribution in [2.75, 3.05) is 11.9 Å². The molecule has 0 atom stereocenters. The molecule has 0 aliphatic heterocycles. The third-order valence-electron chi connectivity index (χ3n) is 3.40. The Labute approximate surface area is 138 Å². The minimum Gasteiger partial charge on any atom is -0.493 e. The Morgan fingerprint density at radius 3 is 2.58 bits per heavy atom. The molecule has 3 nitrogen and oxygen atoms in total. The number of carbonyl (C=O) groups is 1. The zero-order valence-electron chi connectivity index (χ0n) is 13.4. The molecule has 2 aromatic carbocycles. The molecule has 0 spiro atoms. The fraction of sp³-hybridized carbons (Fsp3) is 0.278. The first-order valence-electron chi connectivity index (χ1n) is 7.43. The number of benzene rings is 2. The van der Waals surface area contributed by atoms with E-state index in [1.54, 1.807) is 0 Å². The maximum absolute atomic E-state index is 12.6. The molecule has 0 fully saturated rings. The van der Waals surface area contributed by atoms with E-state index in [2.05, 4.69) is 5.32 Å². The average Bonchev–Trinajstić information content (AvgIpc) is 2.50. The first-order valence-corrected chi connectivity index (χ1v) is 7.43. The summed E-state index contributed by atoms with van der Waals surface area (Å²) in [6.07, 6.45) is -4.39. The number of nitrogens with one attached hydrogen (secondary N) is 1. The largest absolute Gasteiger partial charge is 0.493 e. The van der Waals surface area contributed by atoms with Crippen LogP contribution in [0.4, 0.5) is 18.9 Å². The molecule has 0 bridgehead atoms.